The molecule has 1 aromatic carbocycles. The first kappa shape index (κ1) is 19.0. The number of nitrogens with zero attached hydrogens (tertiary/aromatic N) is 6. The molecule has 0 radical (unpaired) electrons. The second-order valence-corrected chi connectivity index (χ2v) is 7.17. The first-order valence-electron chi connectivity index (χ1n) is 9.42. The summed E-state index contributed by atoms with van der Waals surface area (Å²) in [6, 6.07) is 11.5. The van der Waals surface area contributed by atoms with Gasteiger partial charge in [-0.2, -0.15) is 0 Å². The summed E-state index contributed by atoms with van der Waals surface area (Å²) in [6.45, 7) is 0.261. The van der Waals surface area contributed by atoms with Crippen molar-refractivity contribution in [2.75, 3.05) is 18.1 Å². The number of aromatic nitrogens is 6. The fraction of sp³-hybridized carbons (Fsp3) is 0.0952. The Bertz CT molecular complexity index is 1420. The zero-order valence-corrected chi connectivity index (χ0v) is 17.2. The number of anilines is 2. The molecule has 10 heteroatoms. The minimum absolute atomic E-state index is 0.261. The van der Waals surface area contributed by atoms with E-state index in [1.54, 1.807) is 10.8 Å². The van der Waals surface area contributed by atoms with Crippen LogP contribution in [0.25, 0.3) is 27.8 Å². The molecular weight excluding hydrogens is 416 g/mol. The molecule has 0 amide bonds. The number of rotatable bonds is 5. The monoisotopic (exact) mass is 432 g/mol. The van der Waals surface area contributed by atoms with Gasteiger partial charge in [-0.3, -0.25) is 4.57 Å². The molecule has 0 bridgehead atoms. The summed E-state index contributed by atoms with van der Waals surface area (Å²) in [5, 5.41) is 5.12. The maximum Gasteiger partial charge on any atom is 0.152 e. The van der Waals surface area contributed by atoms with Gasteiger partial charge in [-0.25, -0.2) is 24.9 Å². The zero-order chi connectivity index (χ0) is 21.4. The molecule has 0 saturated carbocycles. The molecule has 154 valence electrons. The van der Waals surface area contributed by atoms with Crippen molar-refractivity contribution in [3.63, 3.8) is 0 Å². The molecule has 0 saturated heterocycles. The molecule has 0 aliphatic rings. The van der Waals surface area contributed by atoms with E-state index < -0.39 is 0 Å². The number of fused-ring (bicyclic) bond motifs is 2. The summed E-state index contributed by atoms with van der Waals surface area (Å²) in [5.41, 5.74) is 8.05. The van der Waals surface area contributed by atoms with Gasteiger partial charge < -0.3 is 15.8 Å². The minimum atomic E-state index is 0.261. The van der Waals surface area contributed by atoms with Gasteiger partial charge in [-0.05, 0) is 24.3 Å². The van der Waals surface area contributed by atoms with E-state index >= 15 is 0 Å². The van der Waals surface area contributed by atoms with Crippen LogP contribution in [0, 0.1) is 0 Å². The van der Waals surface area contributed by atoms with Crippen LogP contribution in [0.4, 0.5) is 11.6 Å². The number of nitrogens with one attached hydrogen (secondary N) is 1. The van der Waals surface area contributed by atoms with Crippen LogP contribution in [0.2, 0.25) is 5.02 Å². The standard InChI is InChI=1S/C21H17ClN8O/c1-24-17-5-3-12-2-4-14(7-16(12)29-17)31-9-13-6-18(26-10-25-13)30-8-15(22)19-20(23)27-11-28-21(19)30/h2-8,10-11H,9H2,1H3,(H,24,29)(H2,23,27,28). The van der Waals surface area contributed by atoms with Crippen LogP contribution in [0.5, 0.6) is 5.75 Å². The SMILES string of the molecule is CNc1ccc2ccc(OCc3cc(-n4cc(Cl)c5c(N)ncnc54)ncn3)cc2n1. The number of benzene rings is 1. The molecule has 0 unspecified atom stereocenters. The molecule has 0 fully saturated rings. The number of halogens is 1. The lowest BCUT2D eigenvalue weighted by Gasteiger charge is -2.09. The summed E-state index contributed by atoms with van der Waals surface area (Å²) < 4.78 is 7.69. The Morgan fingerprint density at radius 2 is 1.90 bits per heavy atom. The lowest BCUT2D eigenvalue weighted by molar-refractivity contribution is 0.301. The molecule has 9 nitrogen and oxygen atoms in total. The predicted molar refractivity (Wildman–Crippen MR) is 119 cm³/mol. The molecule has 5 aromatic rings. The first-order valence-corrected chi connectivity index (χ1v) is 9.80. The van der Waals surface area contributed by atoms with Crippen molar-refractivity contribution in [2.45, 2.75) is 6.61 Å². The van der Waals surface area contributed by atoms with E-state index in [0.717, 1.165) is 16.7 Å². The van der Waals surface area contributed by atoms with Crippen LogP contribution in [-0.2, 0) is 6.61 Å². The predicted octanol–water partition coefficient (Wildman–Crippen LogP) is 3.62. The van der Waals surface area contributed by atoms with E-state index in [2.05, 4.69) is 30.2 Å². The highest BCUT2D eigenvalue weighted by Gasteiger charge is 2.14. The van der Waals surface area contributed by atoms with Crippen molar-refractivity contribution < 1.29 is 4.74 Å². The van der Waals surface area contributed by atoms with Gasteiger partial charge in [0.25, 0.3) is 0 Å². The number of nitrogens with two attached hydrogens (primary N) is 1. The molecule has 5 rings (SSSR count). The maximum atomic E-state index is 6.32. The highest BCUT2D eigenvalue weighted by Crippen LogP contribution is 2.29. The fourth-order valence-corrected chi connectivity index (χ4v) is 3.57. The summed E-state index contributed by atoms with van der Waals surface area (Å²) in [5.74, 6) is 2.41. The van der Waals surface area contributed by atoms with E-state index in [1.165, 1.54) is 12.7 Å². The van der Waals surface area contributed by atoms with Crippen molar-refractivity contribution in [1.82, 2.24) is 29.5 Å². The number of hydrogen-bond acceptors (Lipinski definition) is 8. The van der Waals surface area contributed by atoms with Gasteiger partial charge in [-0.1, -0.05) is 11.6 Å². The first-order chi connectivity index (χ1) is 15.1. The van der Waals surface area contributed by atoms with Gasteiger partial charge in [0.1, 0.15) is 42.5 Å². The Kier molecular flexibility index (Phi) is 4.72. The summed E-state index contributed by atoms with van der Waals surface area (Å²) >= 11 is 6.32. The summed E-state index contributed by atoms with van der Waals surface area (Å²) in [7, 11) is 1.84. The highest BCUT2D eigenvalue weighted by molar-refractivity contribution is 6.36. The Morgan fingerprint density at radius 1 is 1.06 bits per heavy atom. The van der Waals surface area contributed by atoms with Gasteiger partial charge in [-0.15, -0.1) is 0 Å². The Balaban J connectivity index is 1.42. The highest BCUT2D eigenvalue weighted by atomic mass is 35.5. The molecule has 4 heterocycles. The largest absolute Gasteiger partial charge is 0.487 e. The minimum Gasteiger partial charge on any atom is -0.487 e. The smallest absolute Gasteiger partial charge is 0.152 e. The average molecular weight is 433 g/mol. The maximum absolute atomic E-state index is 6.32. The fourth-order valence-electron chi connectivity index (χ4n) is 3.29. The summed E-state index contributed by atoms with van der Waals surface area (Å²) in [6.07, 6.45) is 4.57. The van der Waals surface area contributed by atoms with Gasteiger partial charge in [0.2, 0.25) is 0 Å². The average Bonchev–Trinajstić information content (AvgIpc) is 3.15. The topological polar surface area (TPSA) is 117 Å². The molecule has 0 aliphatic heterocycles. The van der Waals surface area contributed by atoms with Crippen molar-refractivity contribution in [2.24, 2.45) is 0 Å². The Hall–Kier alpha value is -3.98. The van der Waals surface area contributed by atoms with Gasteiger partial charge in [0.05, 0.1) is 21.6 Å². The van der Waals surface area contributed by atoms with E-state index in [0.29, 0.717) is 39.1 Å². The van der Waals surface area contributed by atoms with Crippen molar-refractivity contribution in [3.05, 3.63) is 66.0 Å². The van der Waals surface area contributed by atoms with Crippen LogP contribution in [0.15, 0.2) is 55.2 Å². The number of nitrogen functional groups attached to an aromatic ring is 1. The van der Waals surface area contributed by atoms with Gasteiger partial charge >= 0.3 is 0 Å². The number of hydrogen-bond donors (Lipinski definition) is 2. The van der Waals surface area contributed by atoms with E-state index in [-0.39, 0.29) is 6.61 Å². The van der Waals surface area contributed by atoms with Gasteiger partial charge in [0.15, 0.2) is 5.65 Å². The third-order valence-electron chi connectivity index (χ3n) is 4.83. The van der Waals surface area contributed by atoms with Crippen LogP contribution in [0.1, 0.15) is 5.69 Å². The van der Waals surface area contributed by atoms with E-state index in [1.807, 2.05) is 43.4 Å². The molecule has 0 atom stereocenters. The third-order valence-corrected chi connectivity index (χ3v) is 5.12. The molecule has 3 N–H and O–H groups in total. The second-order valence-electron chi connectivity index (χ2n) is 6.76. The van der Waals surface area contributed by atoms with Gasteiger partial charge in [0, 0.05) is 30.8 Å². The molecule has 0 aliphatic carbocycles. The van der Waals surface area contributed by atoms with Crippen molar-refractivity contribution in [3.8, 4) is 11.6 Å². The van der Waals surface area contributed by atoms with Crippen molar-refractivity contribution >= 4 is 45.2 Å². The van der Waals surface area contributed by atoms with E-state index in [9.17, 15) is 0 Å². The van der Waals surface area contributed by atoms with Crippen molar-refractivity contribution in [1.29, 1.82) is 0 Å². The Labute approximate surface area is 181 Å². The quantitative estimate of drug-likeness (QED) is 0.432. The molecule has 31 heavy (non-hydrogen) atoms. The second kappa shape index (κ2) is 7.69. The molecule has 0 spiro atoms. The number of ether oxygens (including phenoxy) is 1. The normalized spacial score (nSPS) is 11.2. The number of pyridine rings is 1. The van der Waals surface area contributed by atoms with Crippen LogP contribution >= 0.6 is 11.6 Å². The lowest BCUT2D eigenvalue weighted by Crippen LogP contribution is -2.04. The third kappa shape index (κ3) is 3.55. The van der Waals surface area contributed by atoms with Crippen LogP contribution in [-0.4, -0.2) is 36.5 Å². The van der Waals surface area contributed by atoms with Crippen LogP contribution < -0.4 is 15.8 Å². The van der Waals surface area contributed by atoms with Crippen LogP contribution in [0.3, 0.4) is 0 Å². The zero-order valence-electron chi connectivity index (χ0n) is 16.5. The molecular formula is C21H17ClN8O. The molecule has 4 aromatic heterocycles. The Morgan fingerprint density at radius 3 is 2.77 bits per heavy atom. The lowest BCUT2D eigenvalue weighted by atomic mass is 10.2. The summed E-state index contributed by atoms with van der Waals surface area (Å²) in [4.78, 5) is 21.5. The van der Waals surface area contributed by atoms with E-state index in [4.69, 9.17) is 22.1 Å².